The molecule has 0 amide bonds. The highest BCUT2D eigenvalue weighted by Crippen LogP contribution is 2.23. The fraction of sp³-hybridized carbons (Fsp3) is 0.400. The molecule has 0 aliphatic heterocycles. The van der Waals surface area contributed by atoms with E-state index in [1.807, 2.05) is 24.4 Å². The second-order valence-electron chi connectivity index (χ2n) is 7.47. The van der Waals surface area contributed by atoms with E-state index >= 15 is 0 Å². The van der Waals surface area contributed by atoms with Crippen LogP contribution in [0.15, 0.2) is 40.0 Å². The first kappa shape index (κ1) is 19.3. The van der Waals surface area contributed by atoms with Gasteiger partial charge in [0.05, 0.1) is 12.7 Å². The Morgan fingerprint density at radius 2 is 2.11 bits per heavy atom. The molecule has 0 atom stereocenters. The minimum atomic E-state index is -0.0482. The summed E-state index contributed by atoms with van der Waals surface area (Å²) in [5, 5.41) is 8.45. The first-order chi connectivity index (χ1) is 12.9. The fourth-order valence-electron chi connectivity index (χ4n) is 2.79. The number of hydrogen-bond donors (Lipinski definition) is 3. The molecule has 0 aliphatic carbocycles. The number of oxazole rings is 1. The van der Waals surface area contributed by atoms with Crippen LogP contribution in [0.2, 0.25) is 5.02 Å². The smallest absolute Gasteiger partial charge is 0.213 e. The maximum atomic E-state index is 6.11. The zero-order valence-electron chi connectivity index (χ0n) is 16.2. The van der Waals surface area contributed by atoms with Crippen LogP contribution >= 0.6 is 11.6 Å². The summed E-state index contributed by atoms with van der Waals surface area (Å²) in [6, 6.07) is 5.88. The SMILES string of the molecule is CN=C(NCCc1c[nH]c2ccc(Cl)cc12)NCc1ncc(C(C)(C)C)o1. The number of fused-ring (bicyclic) bond motifs is 1. The molecule has 144 valence electrons. The largest absolute Gasteiger partial charge is 0.443 e. The van der Waals surface area contributed by atoms with Gasteiger partial charge >= 0.3 is 0 Å². The minimum Gasteiger partial charge on any atom is -0.443 e. The molecular formula is C20H26ClN5O. The van der Waals surface area contributed by atoms with Crippen LogP contribution in [0.5, 0.6) is 0 Å². The summed E-state index contributed by atoms with van der Waals surface area (Å²) in [7, 11) is 1.75. The van der Waals surface area contributed by atoms with Gasteiger partial charge in [-0.15, -0.1) is 0 Å². The fourth-order valence-corrected chi connectivity index (χ4v) is 2.96. The molecule has 1 aromatic carbocycles. The van der Waals surface area contributed by atoms with Crippen molar-refractivity contribution < 1.29 is 4.42 Å². The molecular weight excluding hydrogens is 362 g/mol. The molecule has 0 spiro atoms. The number of aliphatic imine (C=N–C) groups is 1. The Morgan fingerprint density at radius 3 is 2.81 bits per heavy atom. The van der Waals surface area contributed by atoms with Crippen molar-refractivity contribution in [3.05, 3.63) is 52.8 Å². The molecule has 6 nitrogen and oxygen atoms in total. The average Bonchev–Trinajstić information content (AvgIpc) is 3.25. The molecule has 0 saturated heterocycles. The predicted octanol–water partition coefficient (Wildman–Crippen LogP) is 4.01. The number of hydrogen-bond acceptors (Lipinski definition) is 3. The summed E-state index contributed by atoms with van der Waals surface area (Å²) in [4.78, 5) is 11.8. The summed E-state index contributed by atoms with van der Waals surface area (Å²) in [6.07, 6.45) is 4.67. The normalized spacial score (nSPS) is 12.6. The van der Waals surface area contributed by atoms with Crippen LogP contribution in [0, 0.1) is 0 Å². The number of nitrogens with zero attached hydrogens (tertiary/aromatic N) is 2. The summed E-state index contributed by atoms with van der Waals surface area (Å²) >= 11 is 6.11. The lowest BCUT2D eigenvalue weighted by Gasteiger charge is -2.13. The van der Waals surface area contributed by atoms with Gasteiger partial charge in [-0.3, -0.25) is 4.99 Å². The number of H-pyrrole nitrogens is 1. The minimum absolute atomic E-state index is 0.0482. The Morgan fingerprint density at radius 1 is 1.30 bits per heavy atom. The Balaban J connectivity index is 1.52. The van der Waals surface area contributed by atoms with Crippen LogP contribution in [0.4, 0.5) is 0 Å². The molecule has 2 heterocycles. The van der Waals surface area contributed by atoms with Gasteiger partial charge in [0.15, 0.2) is 5.96 Å². The molecule has 0 saturated carbocycles. The van der Waals surface area contributed by atoms with Crippen molar-refractivity contribution in [3.63, 3.8) is 0 Å². The van der Waals surface area contributed by atoms with Gasteiger partial charge in [0.2, 0.25) is 5.89 Å². The number of aromatic nitrogens is 2. The lowest BCUT2D eigenvalue weighted by molar-refractivity contribution is 0.379. The van der Waals surface area contributed by atoms with E-state index in [4.69, 9.17) is 16.0 Å². The maximum absolute atomic E-state index is 6.11. The van der Waals surface area contributed by atoms with Gasteiger partial charge in [0, 0.05) is 41.1 Å². The molecule has 7 heteroatoms. The van der Waals surface area contributed by atoms with E-state index in [0.29, 0.717) is 18.4 Å². The number of benzene rings is 1. The number of nitrogens with one attached hydrogen (secondary N) is 3. The van der Waals surface area contributed by atoms with E-state index in [-0.39, 0.29) is 5.41 Å². The molecule has 3 aromatic rings. The van der Waals surface area contributed by atoms with Crippen molar-refractivity contribution >= 4 is 28.5 Å². The topological polar surface area (TPSA) is 78.2 Å². The zero-order valence-corrected chi connectivity index (χ0v) is 16.9. The summed E-state index contributed by atoms with van der Waals surface area (Å²) in [5.41, 5.74) is 2.27. The Hall–Kier alpha value is -2.47. The van der Waals surface area contributed by atoms with Crippen LogP contribution < -0.4 is 10.6 Å². The highest BCUT2D eigenvalue weighted by molar-refractivity contribution is 6.31. The Labute approximate surface area is 164 Å². The zero-order chi connectivity index (χ0) is 19.4. The van der Waals surface area contributed by atoms with Gasteiger partial charge in [0.1, 0.15) is 5.76 Å². The highest BCUT2D eigenvalue weighted by Gasteiger charge is 2.19. The third kappa shape index (κ3) is 4.83. The van der Waals surface area contributed by atoms with Crippen molar-refractivity contribution in [2.75, 3.05) is 13.6 Å². The van der Waals surface area contributed by atoms with Crippen LogP contribution in [0.1, 0.15) is 38.0 Å². The van der Waals surface area contributed by atoms with Crippen molar-refractivity contribution in [1.82, 2.24) is 20.6 Å². The van der Waals surface area contributed by atoms with E-state index < -0.39 is 0 Å². The third-order valence-corrected chi connectivity index (χ3v) is 4.57. The molecule has 27 heavy (non-hydrogen) atoms. The predicted molar refractivity (Wildman–Crippen MR) is 110 cm³/mol. The van der Waals surface area contributed by atoms with Crippen LogP contribution in [0.3, 0.4) is 0 Å². The molecule has 0 radical (unpaired) electrons. The summed E-state index contributed by atoms with van der Waals surface area (Å²) in [5.74, 6) is 2.23. The van der Waals surface area contributed by atoms with E-state index in [1.54, 1.807) is 13.2 Å². The highest BCUT2D eigenvalue weighted by atomic mass is 35.5. The Bertz CT molecular complexity index is 935. The molecule has 0 unspecified atom stereocenters. The quantitative estimate of drug-likeness (QED) is 0.456. The molecule has 0 bridgehead atoms. The van der Waals surface area contributed by atoms with E-state index in [2.05, 4.69) is 46.4 Å². The summed E-state index contributed by atoms with van der Waals surface area (Å²) in [6.45, 7) is 7.53. The standard InChI is InChI=1S/C20H26ClN5O/c1-20(2,3)17-11-25-18(27-17)12-26-19(22-4)23-8-7-13-10-24-16-6-5-14(21)9-15(13)16/h5-6,9-11,24H,7-8,12H2,1-4H3,(H2,22,23,26). The molecule has 3 N–H and O–H groups in total. The molecule has 2 aromatic heterocycles. The number of rotatable bonds is 5. The molecule has 0 aliphatic rings. The van der Waals surface area contributed by atoms with Crippen LogP contribution in [-0.4, -0.2) is 29.5 Å². The lowest BCUT2D eigenvalue weighted by Crippen LogP contribution is -2.37. The molecule has 0 fully saturated rings. The Kier molecular flexibility index (Phi) is 5.75. The van der Waals surface area contributed by atoms with Crippen LogP contribution in [-0.2, 0) is 18.4 Å². The van der Waals surface area contributed by atoms with Gasteiger partial charge in [0.25, 0.3) is 0 Å². The van der Waals surface area contributed by atoms with Gasteiger partial charge in [-0.2, -0.15) is 0 Å². The lowest BCUT2D eigenvalue weighted by atomic mass is 9.94. The number of guanidine groups is 1. The van der Waals surface area contributed by atoms with Crippen molar-refractivity contribution in [2.45, 2.75) is 39.2 Å². The van der Waals surface area contributed by atoms with Crippen molar-refractivity contribution in [3.8, 4) is 0 Å². The number of aromatic amines is 1. The average molecular weight is 388 g/mol. The second kappa shape index (κ2) is 8.05. The maximum Gasteiger partial charge on any atom is 0.213 e. The third-order valence-electron chi connectivity index (χ3n) is 4.34. The number of halogens is 1. The first-order valence-corrected chi connectivity index (χ1v) is 9.40. The summed E-state index contributed by atoms with van der Waals surface area (Å²) < 4.78 is 5.79. The van der Waals surface area contributed by atoms with Crippen LogP contribution in [0.25, 0.3) is 10.9 Å². The van der Waals surface area contributed by atoms with E-state index in [1.165, 1.54) is 5.56 Å². The van der Waals surface area contributed by atoms with Gasteiger partial charge in [-0.25, -0.2) is 4.98 Å². The van der Waals surface area contributed by atoms with E-state index in [0.717, 1.165) is 34.7 Å². The molecule has 3 rings (SSSR count). The van der Waals surface area contributed by atoms with Crippen molar-refractivity contribution in [2.24, 2.45) is 4.99 Å². The second-order valence-corrected chi connectivity index (χ2v) is 7.91. The first-order valence-electron chi connectivity index (χ1n) is 9.02. The van der Waals surface area contributed by atoms with E-state index in [9.17, 15) is 0 Å². The van der Waals surface area contributed by atoms with Gasteiger partial charge in [-0.1, -0.05) is 32.4 Å². The monoisotopic (exact) mass is 387 g/mol. The van der Waals surface area contributed by atoms with Gasteiger partial charge in [-0.05, 0) is 30.2 Å². The van der Waals surface area contributed by atoms with Crippen molar-refractivity contribution in [1.29, 1.82) is 0 Å². The van der Waals surface area contributed by atoms with Gasteiger partial charge < -0.3 is 20.0 Å².